The van der Waals surface area contributed by atoms with E-state index in [4.69, 9.17) is 5.11 Å². The van der Waals surface area contributed by atoms with E-state index in [0.717, 1.165) is 15.8 Å². The number of carbonyl (C=O) groups is 2. The summed E-state index contributed by atoms with van der Waals surface area (Å²) >= 11 is 1.53. The number of amides is 1. The topological polar surface area (TPSA) is 71.3 Å². The quantitative estimate of drug-likeness (QED) is 0.509. The van der Waals surface area contributed by atoms with Gasteiger partial charge in [-0.2, -0.15) is 0 Å². The molecule has 4 rings (SSSR count). The van der Waals surface area contributed by atoms with Crippen LogP contribution in [0.5, 0.6) is 0 Å². The van der Waals surface area contributed by atoms with Gasteiger partial charge in [-0.15, -0.1) is 11.3 Å². The second-order valence-electron chi connectivity index (χ2n) is 6.25. The van der Waals surface area contributed by atoms with Gasteiger partial charge in [0.25, 0.3) is 5.91 Å². The lowest BCUT2D eigenvalue weighted by Gasteiger charge is -2.11. The van der Waals surface area contributed by atoms with Gasteiger partial charge in [-0.25, -0.2) is 9.18 Å². The zero-order chi connectivity index (χ0) is 19.7. The minimum atomic E-state index is -1.06. The molecule has 140 valence electrons. The van der Waals surface area contributed by atoms with E-state index in [1.807, 2.05) is 16.0 Å². The van der Waals surface area contributed by atoms with Gasteiger partial charge in [-0.1, -0.05) is 18.2 Å². The second kappa shape index (κ2) is 7.28. The van der Waals surface area contributed by atoms with Crippen molar-refractivity contribution in [3.63, 3.8) is 0 Å². The summed E-state index contributed by atoms with van der Waals surface area (Å²) in [7, 11) is 0. The zero-order valence-electron chi connectivity index (χ0n) is 14.6. The Kier molecular flexibility index (Phi) is 4.67. The lowest BCUT2D eigenvalue weighted by Crippen LogP contribution is -2.17. The van der Waals surface area contributed by atoms with Crippen LogP contribution in [0.2, 0.25) is 0 Å². The largest absolute Gasteiger partial charge is 0.478 e. The van der Waals surface area contributed by atoms with Crippen LogP contribution in [0.1, 0.15) is 26.4 Å². The highest BCUT2D eigenvalue weighted by atomic mass is 32.1. The van der Waals surface area contributed by atoms with Crippen LogP contribution in [0, 0.1) is 5.82 Å². The summed E-state index contributed by atoms with van der Waals surface area (Å²) in [6.07, 6.45) is 0. The highest BCUT2D eigenvalue weighted by molar-refractivity contribution is 7.17. The fourth-order valence-corrected chi connectivity index (χ4v) is 3.86. The van der Waals surface area contributed by atoms with Crippen LogP contribution in [-0.2, 0) is 6.54 Å². The van der Waals surface area contributed by atoms with Crippen LogP contribution in [-0.4, -0.2) is 21.6 Å². The average molecular weight is 394 g/mol. The number of anilines is 1. The number of halogens is 1. The Labute approximate surface area is 163 Å². The maximum Gasteiger partial charge on any atom is 0.335 e. The van der Waals surface area contributed by atoms with Gasteiger partial charge in [0.15, 0.2) is 0 Å². The molecule has 4 aromatic rings. The van der Waals surface area contributed by atoms with E-state index < -0.39 is 5.97 Å². The van der Waals surface area contributed by atoms with Crippen LogP contribution in [0.3, 0.4) is 0 Å². The molecule has 28 heavy (non-hydrogen) atoms. The lowest BCUT2D eigenvalue weighted by molar-refractivity contribution is 0.0696. The van der Waals surface area contributed by atoms with Crippen molar-refractivity contribution in [3.8, 4) is 0 Å². The molecule has 2 heterocycles. The minimum absolute atomic E-state index is 0.0977. The number of fused-ring (bicyclic) bond motifs is 1. The third kappa shape index (κ3) is 3.52. The maximum absolute atomic E-state index is 13.2. The molecule has 0 saturated carbocycles. The molecule has 7 heteroatoms. The Morgan fingerprint density at radius 2 is 1.86 bits per heavy atom. The third-order valence-corrected chi connectivity index (χ3v) is 5.23. The predicted octanol–water partition coefficient (Wildman–Crippen LogP) is 4.84. The number of rotatable bonds is 5. The number of hydrogen-bond acceptors (Lipinski definition) is 3. The molecular formula is C21H15FN2O3S. The van der Waals surface area contributed by atoms with Gasteiger partial charge in [0.05, 0.1) is 15.8 Å². The van der Waals surface area contributed by atoms with Crippen molar-refractivity contribution in [3.05, 3.63) is 88.7 Å². The van der Waals surface area contributed by atoms with Crippen molar-refractivity contribution in [1.82, 2.24) is 4.57 Å². The monoisotopic (exact) mass is 394 g/mol. The third-order valence-electron chi connectivity index (χ3n) is 4.38. The van der Waals surface area contributed by atoms with Gasteiger partial charge in [0, 0.05) is 12.2 Å². The Balaban J connectivity index is 1.67. The number of nitrogens with zero attached hydrogens (tertiary/aromatic N) is 1. The Bertz CT molecular complexity index is 1180. The summed E-state index contributed by atoms with van der Waals surface area (Å²) in [5.74, 6) is -1.71. The van der Waals surface area contributed by atoms with E-state index >= 15 is 0 Å². The summed E-state index contributed by atoms with van der Waals surface area (Å²) in [5, 5.41) is 13.8. The Hall–Kier alpha value is -3.45. The Morgan fingerprint density at radius 1 is 1.07 bits per heavy atom. The second-order valence-corrected chi connectivity index (χ2v) is 7.20. The molecule has 2 aromatic carbocycles. The number of aromatic carboxylic acids is 1. The molecule has 0 saturated heterocycles. The number of carboxylic acids is 1. The van der Waals surface area contributed by atoms with Crippen molar-refractivity contribution in [2.45, 2.75) is 6.54 Å². The highest BCUT2D eigenvalue weighted by Crippen LogP contribution is 2.27. The number of nitrogens with one attached hydrogen (secondary N) is 1. The van der Waals surface area contributed by atoms with E-state index in [0.29, 0.717) is 17.9 Å². The summed E-state index contributed by atoms with van der Waals surface area (Å²) < 4.78 is 16.0. The highest BCUT2D eigenvalue weighted by Gasteiger charge is 2.17. The minimum Gasteiger partial charge on any atom is -0.478 e. The summed E-state index contributed by atoms with van der Waals surface area (Å²) in [4.78, 5) is 24.0. The van der Waals surface area contributed by atoms with Crippen LogP contribution < -0.4 is 5.32 Å². The van der Waals surface area contributed by atoms with Crippen molar-refractivity contribution in [2.24, 2.45) is 0 Å². The summed E-state index contributed by atoms with van der Waals surface area (Å²) in [5.41, 5.74) is 2.74. The number of benzene rings is 2. The SMILES string of the molecule is O=C(O)c1cccc(NC(=O)c2cc3sccc3n2Cc2ccc(F)cc2)c1. The molecule has 0 unspecified atom stereocenters. The molecule has 0 radical (unpaired) electrons. The number of thiophene rings is 1. The van der Waals surface area contributed by atoms with Crippen molar-refractivity contribution < 1.29 is 19.1 Å². The van der Waals surface area contributed by atoms with E-state index in [-0.39, 0.29) is 17.3 Å². The number of hydrogen-bond donors (Lipinski definition) is 2. The normalized spacial score (nSPS) is 10.9. The smallest absolute Gasteiger partial charge is 0.335 e. The molecule has 0 aliphatic carbocycles. The van der Waals surface area contributed by atoms with E-state index in [1.54, 1.807) is 30.3 Å². The van der Waals surface area contributed by atoms with Crippen molar-refractivity contribution in [1.29, 1.82) is 0 Å². The average Bonchev–Trinajstić information content (AvgIpc) is 3.26. The molecule has 0 aliphatic heterocycles. The molecule has 0 fully saturated rings. The number of aromatic nitrogens is 1. The molecule has 0 atom stereocenters. The van der Waals surface area contributed by atoms with Crippen molar-refractivity contribution >= 4 is 39.1 Å². The molecule has 5 nitrogen and oxygen atoms in total. The predicted molar refractivity (Wildman–Crippen MR) is 107 cm³/mol. The van der Waals surface area contributed by atoms with Crippen molar-refractivity contribution in [2.75, 3.05) is 5.32 Å². The van der Waals surface area contributed by atoms with Crippen LogP contribution in [0.25, 0.3) is 10.2 Å². The van der Waals surface area contributed by atoms with Crippen LogP contribution >= 0.6 is 11.3 Å². The van der Waals surface area contributed by atoms with E-state index in [1.165, 1.54) is 35.6 Å². The standard InChI is InChI=1S/C21H15FN2O3S/c22-15-6-4-13(5-7-15)12-24-17-8-9-28-19(17)11-18(24)20(25)23-16-3-1-2-14(10-16)21(26)27/h1-11H,12H2,(H,23,25)(H,26,27). The van der Waals surface area contributed by atoms with Gasteiger partial charge in [0.2, 0.25) is 0 Å². The lowest BCUT2D eigenvalue weighted by atomic mass is 10.2. The van der Waals surface area contributed by atoms with Gasteiger partial charge < -0.3 is 15.0 Å². The Morgan fingerprint density at radius 3 is 2.61 bits per heavy atom. The van der Waals surface area contributed by atoms with Gasteiger partial charge >= 0.3 is 5.97 Å². The zero-order valence-corrected chi connectivity index (χ0v) is 15.4. The first kappa shape index (κ1) is 17.9. The first-order valence-corrected chi connectivity index (χ1v) is 9.35. The van der Waals surface area contributed by atoms with Gasteiger partial charge in [0.1, 0.15) is 11.5 Å². The number of carboxylic acid groups (broad SMARTS) is 1. The van der Waals surface area contributed by atoms with Gasteiger partial charge in [-0.05, 0) is 53.4 Å². The first-order valence-electron chi connectivity index (χ1n) is 8.47. The fraction of sp³-hybridized carbons (Fsp3) is 0.0476. The molecule has 0 aliphatic rings. The molecule has 0 spiro atoms. The van der Waals surface area contributed by atoms with Crippen LogP contribution in [0.4, 0.5) is 10.1 Å². The first-order chi connectivity index (χ1) is 13.5. The molecule has 0 bridgehead atoms. The molecule has 2 aromatic heterocycles. The summed E-state index contributed by atoms with van der Waals surface area (Å²) in [6, 6.07) is 16.0. The molecule has 2 N–H and O–H groups in total. The van der Waals surface area contributed by atoms with E-state index in [2.05, 4.69) is 5.32 Å². The summed E-state index contributed by atoms with van der Waals surface area (Å²) in [6.45, 7) is 0.415. The molecular weight excluding hydrogens is 379 g/mol. The fourth-order valence-electron chi connectivity index (χ4n) is 3.03. The van der Waals surface area contributed by atoms with Gasteiger partial charge in [-0.3, -0.25) is 4.79 Å². The van der Waals surface area contributed by atoms with Crippen LogP contribution in [0.15, 0.2) is 66.0 Å². The maximum atomic E-state index is 13.2. The molecule has 1 amide bonds. The number of carbonyl (C=O) groups excluding carboxylic acids is 1. The van der Waals surface area contributed by atoms with E-state index in [9.17, 15) is 14.0 Å².